The topological polar surface area (TPSA) is 77.8 Å². The SMILES string of the molecule is CC(CO)CCCC(C)(O)CC(=O)O. The summed E-state index contributed by atoms with van der Waals surface area (Å²) < 4.78 is 0. The van der Waals surface area contributed by atoms with Gasteiger partial charge in [0.25, 0.3) is 0 Å². The number of aliphatic carboxylic acids is 1. The summed E-state index contributed by atoms with van der Waals surface area (Å²) in [5, 5.41) is 26.9. The van der Waals surface area contributed by atoms with Gasteiger partial charge < -0.3 is 15.3 Å². The van der Waals surface area contributed by atoms with E-state index in [9.17, 15) is 9.90 Å². The van der Waals surface area contributed by atoms with Gasteiger partial charge in [-0.1, -0.05) is 13.3 Å². The van der Waals surface area contributed by atoms with Crippen LogP contribution in [0, 0.1) is 5.92 Å². The molecule has 0 aliphatic carbocycles. The third-order valence-electron chi connectivity index (χ3n) is 2.26. The van der Waals surface area contributed by atoms with Gasteiger partial charge in [-0.3, -0.25) is 4.79 Å². The Labute approximate surface area is 84.6 Å². The highest BCUT2D eigenvalue weighted by Gasteiger charge is 2.23. The molecule has 0 heterocycles. The molecular formula is C10H20O4. The van der Waals surface area contributed by atoms with Crippen molar-refractivity contribution < 1.29 is 20.1 Å². The van der Waals surface area contributed by atoms with Crippen LogP contribution in [0.4, 0.5) is 0 Å². The molecule has 0 saturated heterocycles. The van der Waals surface area contributed by atoms with Crippen LogP contribution in [0.15, 0.2) is 0 Å². The van der Waals surface area contributed by atoms with E-state index in [1.54, 1.807) is 0 Å². The summed E-state index contributed by atoms with van der Waals surface area (Å²) in [6.45, 7) is 3.59. The Kier molecular flexibility index (Phi) is 5.72. The minimum Gasteiger partial charge on any atom is -0.481 e. The highest BCUT2D eigenvalue weighted by Crippen LogP contribution is 2.19. The van der Waals surface area contributed by atoms with Crippen molar-refractivity contribution in [3.8, 4) is 0 Å². The van der Waals surface area contributed by atoms with Crippen molar-refractivity contribution in [1.29, 1.82) is 0 Å². The first kappa shape index (κ1) is 13.4. The molecule has 14 heavy (non-hydrogen) atoms. The maximum Gasteiger partial charge on any atom is 0.306 e. The fraction of sp³-hybridized carbons (Fsp3) is 0.900. The third-order valence-corrected chi connectivity index (χ3v) is 2.26. The number of carboxylic acids is 1. The molecule has 0 saturated carbocycles. The number of hydrogen-bond acceptors (Lipinski definition) is 3. The molecule has 0 aromatic rings. The van der Waals surface area contributed by atoms with Crippen LogP contribution < -0.4 is 0 Å². The monoisotopic (exact) mass is 204 g/mol. The second-order valence-electron chi connectivity index (χ2n) is 4.25. The zero-order valence-corrected chi connectivity index (χ0v) is 8.86. The van der Waals surface area contributed by atoms with Crippen molar-refractivity contribution in [2.24, 2.45) is 5.92 Å². The molecule has 84 valence electrons. The lowest BCUT2D eigenvalue weighted by Gasteiger charge is -2.21. The normalized spacial score (nSPS) is 17.4. The lowest BCUT2D eigenvalue weighted by molar-refractivity contribution is -0.142. The van der Waals surface area contributed by atoms with Crippen LogP contribution in [0.5, 0.6) is 0 Å². The van der Waals surface area contributed by atoms with Crippen LogP contribution in [-0.4, -0.2) is 33.5 Å². The molecule has 4 nitrogen and oxygen atoms in total. The van der Waals surface area contributed by atoms with E-state index < -0.39 is 11.6 Å². The number of aliphatic hydroxyl groups is 2. The molecular weight excluding hydrogens is 184 g/mol. The third kappa shape index (κ3) is 6.86. The van der Waals surface area contributed by atoms with Crippen LogP contribution in [0.2, 0.25) is 0 Å². The van der Waals surface area contributed by atoms with E-state index in [1.807, 2.05) is 6.92 Å². The Hall–Kier alpha value is -0.610. The second-order valence-corrected chi connectivity index (χ2v) is 4.25. The van der Waals surface area contributed by atoms with Crippen LogP contribution in [0.3, 0.4) is 0 Å². The summed E-state index contributed by atoms with van der Waals surface area (Å²) in [6, 6.07) is 0. The number of carboxylic acid groups (broad SMARTS) is 1. The van der Waals surface area contributed by atoms with Crippen molar-refractivity contribution in [3.05, 3.63) is 0 Å². The van der Waals surface area contributed by atoms with Crippen molar-refractivity contribution >= 4 is 5.97 Å². The van der Waals surface area contributed by atoms with E-state index in [0.29, 0.717) is 6.42 Å². The standard InChI is InChI=1S/C10H20O4/c1-8(7-11)4-3-5-10(2,14)6-9(12)13/h8,11,14H,3-7H2,1-2H3,(H,12,13). The molecule has 0 aromatic heterocycles. The summed E-state index contributed by atoms with van der Waals surface area (Å²) in [5.74, 6) is -0.763. The highest BCUT2D eigenvalue weighted by atomic mass is 16.4. The minimum atomic E-state index is -1.12. The Morgan fingerprint density at radius 3 is 2.50 bits per heavy atom. The van der Waals surface area contributed by atoms with Crippen LogP contribution >= 0.6 is 0 Å². The van der Waals surface area contributed by atoms with Gasteiger partial charge in [0.05, 0.1) is 12.0 Å². The molecule has 0 aliphatic heterocycles. The Morgan fingerprint density at radius 2 is 2.07 bits per heavy atom. The Balaban J connectivity index is 3.70. The molecule has 0 rings (SSSR count). The van der Waals surface area contributed by atoms with Gasteiger partial charge in [-0.15, -0.1) is 0 Å². The van der Waals surface area contributed by atoms with E-state index in [1.165, 1.54) is 6.92 Å². The summed E-state index contributed by atoms with van der Waals surface area (Å²) in [5.41, 5.74) is -1.12. The lowest BCUT2D eigenvalue weighted by Crippen LogP contribution is -2.27. The molecule has 0 amide bonds. The number of hydrogen-bond donors (Lipinski definition) is 3. The van der Waals surface area contributed by atoms with E-state index in [2.05, 4.69) is 0 Å². The summed E-state index contributed by atoms with van der Waals surface area (Å²) in [4.78, 5) is 10.4. The fourth-order valence-electron chi connectivity index (χ4n) is 1.34. The van der Waals surface area contributed by atoms with Crippen LogP contribution in [-0.2, 0) is 4.79 Å². The minimum absolute atomic E-state index is 0.140. The number of rotatable bonds is 7. The van der Waals surface area contributed by atoms with Gasteiger partial charge in [0.15, 0.2) is 0 Å². The quantitative estimate of drug-likeness (QED) is 0.578. The first-order chi connectivity index (χ1) is 6.37. The predicted octanol–water partition coefficient (Wildman–Crippen LogP) is 1.01. The maximum atomic E-state index is 10.4. The van der Waals surface area contributed by atoms with E-state index >= 15 is 0 Å². The van der Waals surface area contributed by atoms with Crippen molar-refractivity contribution in [2.75, 3.05) is 6.61 Å². The Morgan fingerprint density at radius 1 is 1.50 bits per heavy atom. The van der Waals surface area contributed by atoms with E-state index in [-0.39, 0.29) is 18.9 Å². The predicted molar refractivity (Wildman–Crippen MR) is 53.0 cm³/mol. The number of aliphatic hydroxyl groups excluding tert-OH is 1. The average Bonchev–Trinajstić information content (AvgIpc) is 2.01. The molecule has 3 N–H and O–H groups in total. The van der Waals surface area contributed by atoms with Gasteiger partial charge in [-0.05, 0) is 25.7 Å². The van der Waals surface area contributed by atoms with Gasteiger partial charge >= 0.3 is 5.97 Å². The molecule has 0 aliphatic rings. The molecule has 2 unspecified atom stereocenters. The second kappa shape index (κ2) is 5.98. The van der Waals surface area contributed by atoms with Gasteiger partial charge in [-0.2, -0.15) is 0 Å². The van der Waals surface area contributed by atoms with Gasteiger partial charge in [0, 0.05) is 6.61 Å². The molecule has 0 fully saturated rings. The van der Waals surface area contributed by atoms with Gasteiger partial charge in [0.2, 0.25) is 0 Å². The fourth-order valence-corrected chi connectivity index (χ4v) is 1.34. The lowest BCUT2D eigenvalue weighted by atomic mass is 9.93. The smallest absolute Gasteiger partial charge is 0.306 e. The Bertz CT molecular complexity index is 177. The first-order valence-corrected chi connectivity index (χ1v) is 4.92. The van der Waals surface area contributed by atoms with Crippen molar-refractivity contribution in [3.63, 3.8) is 0 Å². The molecule has 0 radical (unpaired) electrons. The van der Waals surface area contributed by atoms with Gasteiger partial charge in [-0.25, -0.2) is 0 Å². The summed E-state index contributed by atoms with van der Waals surface area (Å²) >= 11 is 0. The zero-order valence-electron chi connectivity index (χ0n) is 8.86. The summed E-state index contributed by atoms with van der Waals surface area (Å²) in [7, 11) is 0. The largest absolute Gasteiger partial charge is 0.481 e. The molecule has 2 atom stereocenters. The molecule has 0 bridgehead atoms. The van der Waals surface area contributed by atoms with Gasteiger partial charge in [0.1, 0.15) is 0 Å². The van der Waals surface area contributed by atoms with E-state index in [0.717, 1.165) is 12.8 Å². The molecule has 0 spiro atoms. The zero-order chi connectivity index (χ0) is 11.2. The van der Waals surface area contributed by atoms with Crippen molar-refractivity contribution in [2.45, 2.75) is 45.1 Å². The van der Waals surface area contributed by atoms with Crippen LogP contribution in [0.25, 0.3) is 0 Å². The molecule has 4 heteroatoms. The number of carbonyl (C=O) groups is 1. The first-order valence-electron chi connectivity index (χ1n) is 4.92. The summed E-state index contributed by atoms with van der Waals surface area (Å²) in [6.07, 6.45) is 1.79. The van der Waals surface area contributed by atoms with Crippen LogP contribution in [0.1, 0.15) is 39.5 Å². The average molecular weight is 204 g/mol. The highest BCUT2D eigenvalue weighted by molar-refractivity contribution is 5.67. The maximum absolute atomic E-state index is 10.4. The van der Waals surface area contributed by atoms with E-state index in [4.69, 9.17) is 10.2 Å². The molecule has 0 aromatic carbocycles. The van der Waals surface area contributed by atoms with Crippen molar-refractivity contribution in [1.82, 2.24) is 0 Å².